The Kier molecular flexibility index (Phi) is 6.42. The highest BCUT2D eigenvalue weighted by Crippen LogP contribution is 2.14. The van der Waals surface area contributed by atoms with Crippen molar-refractivity contribution in [3.63, 3.8) is 0 Å². The average Bonchev–Trinajstić information content (AvgIpc) is 3.16. The molecule has 0 radical (unpaired) electrons. The van der Waals surface area contributed by atoms with Crippen molar-refractivity contribution in [3.8, 4) is 0 Å². The fourth-order valence-electron chi connectivity index (χ4n) is 2.91. The molecule has 1 aromatic carbocycles. The van der Waals surface area contributed by atoms with Gasteiger partial charge in [0.15, 0.2) is 0 Å². The van der Waals surface area contributed by atoms with Crippen molar-refractivity contribution in [1.29, 1.82) is 0 Å². The van der Waals surface area contributed by atoms with Crippen LogP contribution in [0.3, 0.4) is 0 Å². The van der Waals surface area contributed by atoms with Gasteiger partial charge in [-0.25, -0.2) is 13.1 Å². The first-order chi connectivity index (χ1) is 12.5. The van der Waals surface area contributed by atoms with E-state index in [1.54, 1.807) is 29.5 Å². The van der Waals surface area contributed by atoms with Gasteiger partial charge in [0.05, 0.1) is 4.90 Å². The molecule has 1 N–H and O–H groups in total. The molecule has 1 aliphatic rings. The number of benzene rings is 1. The van der Waals surface area contributed by atoms with Crippen LogP contribution in [0.5, 0.6) is 0 Å². The van der Waals surface area contributed by atoms with Crippen molar-refractivity contribution < 1.29 is 13.2 Å². The monoisotopic (exact) mass is 393 g/mol. The van der Waals surface area contributed by atoms with Gasteiger partial charge < -0.3 is 4.90 Å². The van der Waals surface area contributed by atoms with Crippen LogP contribution in [0.2, 0.25) is 0 Å². The summed E-state index contributed by atoms with van der Waals surface area (Å²) in [7, 11) is -3.55. The third-order valence-corrected chi connectivity index (χ3v) is 6.71. The summed E-state index contributed by atoms with van der Waals surface area (Å²) < 4.78 is 26.8. The maximum atomic E-state index is 12.3. The topological polar surface area (TPSA) is 69.7 Å². The second-order valence-electron chi connectivity index (χ2n) is 6.20. The van der Waals surface area contributed by atoms with E-state index in [1.165, 1.54) is 17.0 Å². The third kappa shape index (κ3) is 5.14. The highest BCUT2D eigenvalue weighted by molar-refractivity contribution is 7.89. The maximum Gasteiger partial charge on any atom is 0.240 e. The molecule has 1 aromatic heterocycles. The average molecular weight is 394 g/mol. The van der Waals surface area contributed by atoms with E-state index < -0.39 is 10.0 Å². The molecule has 0 spiro atoms. The molecule has 6 nitrogen and oxygen atoms in total. The SMILES string of the molecule is O=C(CCNS(=O)(=O)c1ccccc1)N1CCN(Cc2cccs2)CC1. The summed E-state index contributed by atoms with van der Waals surface area (Å²) in [6.45, 7) is 4.12. The van der Waals surface area contributed by atoms with Crippen molar-refractivity contribution in [2.24, 2.45) is 0 Å². The van der Waals surface area contributed by atoms with Gasteiger partial charge >= 0.3 is 0 Å². The molecule has 26 heavy (non-hydrogen) atoms. The molecule has 2 heterocycles. The van der Waals surface area contributed by atoms with Crippen LogP contribution >= 0.6 is 11.3 Å². The molecule has 0 unspecified atom stereocenters. The number of sulfonamides is 1. The van der Waals surface area contributed by atoms with E-state index in [2.05, 4.69) is 27.1 Å². The minimum Gasteiger partial charge on any atom is -0.340 e. The Bertz CT molecular complexity index is 799. The van der Waals surface area contributed by atoms with E-state index in [1.807, 2.05) is 4.90 Å². The van der Waals surface area contributed by atoms with Crippen LogP contribution in [0.4, 0.5) is 0 Å². The third-order valence-electron chi connectivity index (χ3n) is 4.37. The van der Waals surface area contributed by atoms with Crippen molar-refractivity contribution in [3.05, 3.63) is 52.7 Å². The summed E-state index contributed by atoms with van der Waals surface area (Å²) in [5.74, 6) is -0.00321. The van der Waals surface area contributed by atoms with Crippen LogP contribution in [0.25, 0.3) is 0 Å². The van der Waals surface area contributed by atoms with E-state index in [0.29, 0.717) is 13.1 Å². The van der Waals surface area contributed by atoms with Gasteiger partial charge in [-0.05, 0) is 23.6 Å². The van der Waals surface area contributed by atoms with Crippen LogP contribution in [-0.4, -0.2) is 56.8 Å². The molecule has 8 heteroatoms. The standard InChI is InChI=1S/C18H23N3O3S2/c22-18(8-9-19-26(23,24)17-6-2-1-3-7-17)21-12-10-20(11-13-21)15-16-5-4-14-25-16/h1-7,14,19H,8-13,15H2. The number of nitrogens with one attached hydrogen (secondary N) is 1. The molecule has 0 aliphatic carbocycles. The number of thiophene rings is 1. The van der Waals surface area contributed by atoms with E-state index in [-0.39, 0.29) is 23.8 Å². The number of hydrogen-bond acceptors (Lipinski definition) is 5. The highest BCUT2D eigenvalue weighted by atomic mass is 32.2. The number of rotatable bonds is 7. The molecule has 2 aromatic rings. The molecule has 3 rings (SSSR count). The molecule has 140 valence electrons. The largest absolute Gasteiger partial charge is 0.340 e. The fourth-order valence-corrected chi connectivity index (χ4v) is 4.71. The second kappa shape index (κ2) is 8.77. The van der Waals surface area contributed by atoms with Gasteiger partial charge in [-0.3, -0.25) is 9.69 Å². The normalized spacial score (nSPS) is 15.9. The lowest BCUT2D eigenvalue weighted by Gasteiger charge is -2.34. The molecule has 1 saturated heterocycles. The quantitative estimate of drug-likeness (QED) is 0.778. The molecular formula is C18H23N3O3S2. The summed E-state index contributed by atoms with van der Waals surface area (Å²) in [6.07, 6.45) is 0.178. The van der Waals surface area contributed by atoms with E-state index in [9.17, 15) is 13.2 Å². The Hall–Kier alpha value is -1.74. The summed E-state index contributed by atoms with van der Waals surface area (Å²) in [5.41, 5.74) is 0. The zero-order valence-electron chi connectivity index (χ0n) is 14.5. The van der Waals surface area contributed by atoms with Crippen LogP contribution in [0.1, 0.15) is 11.3 Å². The maximum absolute atomic E-state index is 12.3. The molecule has 1 amide bonds. The Labute approximate surface area is 158 Å². The number of carbonyl (C=O) groups is 1. The van der Waals surface area contributed by atoms with Gasteiger partial charge in [-0.1, -0.05) is 24.3 Å². The zero-order chi connectivity index (χ0) is 18.4. The number of nitrogens with zero attached hydrogens (tertiary/aromatic N) is 2. The molecular weight excluding hydrogens is 370 g/mol. The number of carbonyl (C=O) groups excluding carboxylic acids is 1. The first kappa shape index (κ1) is 19.0. The van der Waals surface area contributed by atoms with Crippen molar-refractivity contribution >= 4 is 27.3 Å². The summed E-state index contributed by atoms with van der Waals surface area (Å²) in [4.78, 5) is 18.0. The summed E-state index contributed by atoms with van der Waals surface area (Å²) >= 11 is 1.75. The van der Waals surface area contributed by atoms with Crippen molar-refractivity contribution in [2.75, 3.05) is 32.7 Å². The van der Waals surface area contributed by atoms with E-state index >= 15 is 0 Å². The highest BCUT2D eigenvalue weighted by Gasteiger charge is 2.21. The van der Waals surface area contributed by atoms with Crippen LogP contribution in [0, 0.1) is 0 Å². The zero-order valence-corrected chi connectivity index (χ0v) is 16.1. The lowest BCUT2D eigenvalue weighted by Crippen LogP contribution is -2.48. The summed E-state index contributed by atoms with van der Waals surface area (Å²) in [6, 6.07) is 12.4. The molecule has 0 saturated carbocycles. The second-order valence-corrected chi connectivity index (χ2v) is 9.00. The lowest BCUT2D eigenvalue weighted by molar-refractivity contribution is -0.132. The van der Waals surface area contributed by atoms with Gasteiger partial charge in [0, 0.05) is 50.6 Å². The Morgan fingerprint density at radius 3 is 2.42 bits per heavy atom. The van der Waals surface area contributed by atoms with Gasteiger partial charge in [-0.2, -0.15) is 0 Å². The summed E-state index contributed by atoms with van der Waals surface area (Å²) in [5, 5.41) is 2.08. The van der Waals surface area contributed by atoms with Gasteiger partial charge in [0.2, 0.25) is 15.9 Å². The van der Waals surface area contributed by atoms with E-state index in [4.69, 9.17) is 0 Å². The molecule has 0 bridgehead atoms. The fraction of sp³-hybridized carbons (Fsp3) is 0.389. The smallest absolute Gasteiger partial charge is 0.240 e. The first-order valence-corrected chi connectivity index (χ1v) is 11.0. The Morgan fingerprint density at radius 2 is 1.77 bits per heavy atom. The van der Waals surface area contributed by atoms with Gasteiger partial charge in [0.1, 0.15) is 0 Å². The first-order valence-electron chi connectivity index (χ1n) is 8.62. The van der Waals surface area contributed by atoms with Crippen molar-refractivity contribution in [1.82, 2.24) is 14.5 Å². The van der Waals surface area contributed by atoms with Crippen LogP contribution < -0.4 is 4.72 Å². The number of amides is 1. The minimum absolute atomic E-state index is 0.00321. The number of piperazine rings is 1. The molecule has 1 aliphatic heterocycles. The van der Waals surface area contributed by atoms with Crippen LogP contribution in [0.15, 0.2) is 52.7 Å². The number of hydrogen-bond donors (Lipinski definition) is 1. The predicted octanol–water partition coefficient (Wildman–Crippen LogP) is 1.76. The van der Waals surface area contributed by atoms with Crippen molar-refractivity contribution in [2.45, 2.75) is 17.9 Å². The minimum atomic E-state index is -3.55. The van der Waals surface area contributed by atoms with Gasteiger partial charge in [-0.15, -0.1) is 11.3 Å². The van der Waals surface area contributed by atoms with Gasteiger partial charge in [0.25, 0.3) is 0 Å². The van der Waals surface area contributed by atoms with Crippen LogP contribution in [-0.2, 0) is 21.4 Å². The molecule has 0 atom stereocenters. The lowest BCUT2D eigenvalue weighted by atomic mass is 10.2. The molecule has 1 fully saturated rings. The Morgan fingerprint density at radius 1 is 1.04 bits per heavy atom. The predicted molar refractivity (Wildman–Crippen MR) is 102 cm³/mol. The van der Waals surface area contributed by atoms with E-state index in [0.717, 1.165) is 19.6 Å². The Balaban J connectivity index is 1.40.